The van der Waals surface area contributed by atoms with Gasteiger partial charge in [-0.05, 0) is 31.0 Å². The number of anilines is 1. The van der Waals surface area contributed by atoms with Gasteiger partial charge in [-0.25, -0.2) is 14.4 Å². The van der Waals surface area contributed by atoms with E-state index in [9.17, 15) is 14.0 Å². The molecule has 1 aromatic carbocycles. The molecule has 7 heteroatoms. The van der Waals surface area contributed by atoms with Crippen molar-refractivity contribution in [3.05, 3.63) is 53.3 Å². The van der Waals surface area contributed by atoms with Crippen LogP contribution in [0.15, 0.2) is 36.7 Å². The third-order valence-electron chi connectivity index (χ3n) is 4.09. The number of likely N-dealkylation sites (N-methyl/N-ethyl adjacent to an activating group) is 1. The topological polar surface area (TPSA) is 75.2 Å². The summed E-state index contributed by atoms with van der Waals surface area (Å²) in [6.07, 6.45) is 2.58. The number of nitrogens with one attached hydrogen (secondary N) is 1. The first-order chi connectivity index (χ1) is 12.0. The van der Waals surface area contributed by atoms with E-state index in [0.717, 1.165) is 11.1 Å². The quantitative estimate of drug-likeness (QED) is 0.905. The first kappa shape index (κ1) is 17.0. The molecular formula is C18H19FN4O2. The van der Waals surface area contributed by atoms with E-state index in [2.05, 4.69) is 15.3 Å². The van der Waals surface area contributed by atoms with Crippen LogP contribution in [0.5, 0.6) is 0 Å². The second kappa shape index (κ2) is 6.96. The number of benzene rings is 1. The number of halogens is 1. The summed E-state index contributed by atoms with van der Waals surface area (Å²) in [5.74, 6) is -0.745. The molecular weight excluding hydrogens is 323 g/mol. The predicted molar refractivity (Wildman–Crippen MR) is 91.1 cm³/mol. The molecule has 6 nitrogen and oxygen atoms in total. The van der Waals surface area contributed by atoms with E-state index in [1.807, 2.05) is 19.1 Å². The summed E-state index contributed by atoms with van der Waals surface area (Å²) in [6, 6.07) is 7.01. The minimum absolute atomic E-state index is 0.145. The fourth-order valence-corrected chi connectivity index (χ4v) is 2.69. The smallest absolute Gasteiger partial charge is 0.254 e. The Bertz CT molecular complexity index is 797. The normalized spacial score (nSPS) is 18.5. The van der Waals surface area contributed by atoms with Gasteiger partial charge in [0.05, 0.1) is 6.54 Å². The average Bonchev–Trinajstić information content (AvgIpc) is 3.31. The highest BCUT2D eigenvalue weighted by Crippen LogP contribution is 2.45. The van der Waals surface area contributed by atoms with Gasteiger partial charge in [-0.1, -0.05) is 17.7 Å². The Hall–Kier alpha value is -2.83. The number of carbonyl (C=O) groups is 2. The second-order valence-corrected chi connectivity index (χ2v) is 6.23. The largest absolute Gasteiger partial charge is 0.332 e. The van der Waals surface area contributed by atoms with Gasteiger partial charge in [0.15, 0.2) is 0 Å². The monoisotopic (exact) mass is 342 g/mol. The van der Waals surface area contributed by atoms with E-state index < -0.39 is 12.1 Å². The van der Waals surface area contributed by atoms with E-state index in [0.29, 0.717) is 12.0 Å². The zero-order chi connectivity index (χ0) is 18.0. The average molecular weight is 342 g/mol. The van der Waals surface area contributed by atoms with Gasteiger partial charge < -0.3 is 4.90 Å². The Morgan fingerprint density at radius 2 is 2.00 bits per heavy atom. The summed E-state index contributed by atoms with van der Waals surface area (Å²) in [5, 5.41) is 2.53. The Kier molecular flexibility index (Phi) is 4.74. The summed E-state index contributed by atoms with van der Waals surface area (Å²) in [6.45, 7) is 1.76. The maximum Gasteiger partial charge on any atom is 0.254 e. The number of amides is 2. The Labute approximate surface area is 145 Å². The summed E-state index contributed by atoms with van der Waals surface area (Å²) < 4.78 is 13.5. The van der Waals surface area contributed by atoms with Crippen molar-refractivity contribution in [2.75, 3.05) is 18.9 Å². The van der Waals surface area contributed by atoms with Crippen LogP contribution in [0, 0.1) is 6.92 Å². The maximum atomic E-state index is 13.5. The lowest BCUT2D eigenvalue weighted by molar-refractivity contribution is -0.116. The van der Waals surface area contributed by atoms with Crippen LogP contribution in [-0.2, 0) is 4.79 Å². The minimum atomic E-state index is -0.891. The first-order valence-electron chi connectivity index (χ1n) is 8.02. The highest BCUT2D eigenvalue weighted by molar-refractivity contribution is 5.99. The Balaban J connectivity index is 1.69. The molecule has 1 aliphatic carbocycles. The molecule has 0 spiro atoms. The molecule has 2 atom stereocenters. The van der Waals surface area contributed by atoms with Crippen LogP contribution >= 0.6 is 0 Å². The lowest BCUT2D eigenvalue weighted by Crippen LogP contribution is -2.35. The number of rotatable bonds is 5. The van der Waals surface area contributed by atoms with Crippen molar-refractivity contribution in [1.29, 1.82) is 0 Å². The molecule has 0 aliphatic heterocycles. The number of alkyl halides is 1. The predicted octanol–water partition coefficient (Wildman–Crippen LogP) is 2.32. The van der Waals surface area contributed by atoms with Crippen molar-refractivity contribution in [3.63, 3.8) is 0 Å². The number of nitrogens with zero attached hydrogens (tertiary/aromatic N) is 3. The van der Waals surface area contributed by atoms with Crippen LogP contribution in [0.3, 0.4) is 0 Å². The number of carbonyl (C=O) groups excluding carboxylic acids is 2. The zero-order valence-electron chi connectivity index (χ0n) is 14.1. The maximum absolute atomic E-state index is 13.5. The molecule has 2 amide bonds. The molecule has 1 saturated carbocycles. The number of hydrogen-bond donors (Lipinski definition) is 1. The van der Waals surface area contributed by atoms with Crippen molar-refractivity contribution >= 4 is 17.8 Å². The standard InChI is InChI=1S/C18H19FN4O2/c1-11-4-5-12(13(8-11)14-9-15(14)19)17(25)23(2)10-16(24)22-18-20-6-3-7-21-18/h3-8,14-15H,9-10H2,1-2H3,(H,20,21,22,24)/t14-,15+/m0/s1. The third kappa shape index (κ3) is 3.99. The number of aryl methyl sites for hydroxylation is 1. The van der Waals surface area contributed by atoms with Gasteiger partial charge in [-0.2, -0.15) is 0 Å². The van der Waals surface area contributed by atoms with E-state index in [1.165, 1.54) is 24.3 Å². The van der Waals surface area contributed by atoms with Gasteiger partial charge in [0, 0.05) is 30.9 Å². The number of hydrogen-bond acceptors (Lipinski definition) is 4. The fourth-order valence-electron chi connectivity index (χ4n) is 2.69. The van der Waals surface area contributed by atoms with Crippen LogP contribution < -0.4 is 5.32 Å². The van der Waals surface area contributed by atoms with Crippen LogP contribution in [0.1, 0.15) is 33.8 Å². The Morgan fingerprint density at radius 3 is 2.64 bits per heavy atom. The molecule has 0 radical (unpaired) electrons. The third-order valence-corrected chi connectivity index (χ3v) is 4.09. The molecule has 3 rings (SSSR count). The molecule has 1 N–H and O–H groups in total. The van der Waals surface area contributed by atoms with Gasteiger partial charge >= 0.3 is 0 Å². The summed E-state index contributed by atoms with van der Waals surface area (Å²) >= 11 is 0. The van der Waals surface area contributed by atoms with E-state index in [4.69, 9.17) is 0 Å². The molecule has 1 aromatic heterocycles. The van der Waals surface area contributed by atoms with Gasteiger partial charge in [-0.3, -0.25) is 14.9 Å². The molecule has 130 valence electrons. The van der Waals surface area contributed by atoms with E-state index in [-0.39, 0.29) is 24.3 Å². The molecule has 2 aromatic rings. The molecule has 25 heavy (non-hydrogen) atoms. The molecule has 1 aliphatic rings. The SMILES string of the molecule is Cc1ccc(C(=O)N(C)CC(=O)Nc2ncccn2)c([C@@H]2C[C@H]2F)c1. The van der Waals surface area contributed by atoms with E-state index >= 15 is 0 Å². The lowest BCUT2D eigenvalue weighted by Gasteiger charge is -2.19. The number of aromatic nitrogens is 2. The van der Waals surface area contributed by atoms with Crippen LogP contribution in [0.2, 0.25) is 0 Å². The molecule has 1 heterocycles. The van der Waals surface area contributed by atoms with Crippen LogP contribution in [0.4, 0.5) is 10.3 Å². The minimum Gasteiger partial charge on any atom is -0.332 e. The van der Waals surface area contributed by atoms with Gasteiger partial charge in [0.25, 0.3) is 5.91 Å². The fraction of sp³-hybridized carbons (Fsp3) is 0.333. The molecule has 1 fully saturated rings. The summed E-state index contributed by atoms with van der Waals surface area (Å²) in [4.78, 5) is 33.9. The summed E-state index contributed by atoms with van der Waals surface area (Å²) in [7, 11) is 1.54. The van der Waals surface area contributed by atoms with Gasteiger partial charge in [-0.15, -0.1) is 0 Å². The highest BCUT2D eigenvalue weighted by Gasteiger charge is 2.41. The zero-order valence-corrected chi connectivity index (χ0v) is 14.1. The lowest BCUT2D eigenvalue weighted by atomic mass is 9.99. The molecule has 0 saturated heterocycles. The second-order valence-electron chi connectivity index (χ2n) is 6.23. The Morgan fingerprint density at radius 1 is 1.32 bits per heavy atom. The van der Waals surface area contributed by atoms with E-state index in [1.54, 1.807) is 12.1 Å². The first-order valence-corrected chi connectivity index (χ1v) is 8.02. The van der Waals surface area contributed by atoms with Crippen molar-refractivity contribution < 1.29 is 14.0 Å². The highest BCUT2D eigenvalue weighted by atomic mass is 19.1. The van der Waals surface area contributed by atoms with Crippen molar-refractivity contribution in [1.82, 2.24) is 14.9 Å². The van der Waals surface area contributed by atoms with Crippen molar-refractivity contribution in [3.8, 4) is 0 Å². The van der Waals surface area contributed by atoms with Gasteiger partial charge in [0.1, 0.15) is 6.17 Å². The summed E-state index contributed by atoms with van der Waals surface area (Å²) in [5.41, 5.74) is 2.14. The van der Waals surface area contributed by atoms with Crippen LogP contribution in [0.25, 0.3) is 0 Å². The van der Waals surface area contributed by atoms with Gasteiger partial charge in [0.2, 0.25) is 11.9 Å². The molecule has 0 bridgehead atoms. The van der Waals surface area contributed by atoms with Crippen molar-refractivity contribution in [2.45, 2.75) is 25.4 Å². The molecule has 0 unspecified atom stereocenters. The van der Waals surface area contributed by atoms with Crippen LogP contribution in [-0.4, -0.2) is 46.4 Å². The van der Waals surface area contributed by atoms with Crippen molar-refractivity contribution in [2.24, 2.45) is 0 Å².